The van der Waals surface area contributed by atoms with Crippen LogP contribution in [0.3, 0.4) is 0 Å². The molecule has 0 aliphatic carbocycles. The van der Waals surface area contributed by atoms with Crippen LogP contribution in [0.1, 0.15) is 52.2 Å². The van der Waals surface area contributed by atoms with Crippen molar-refractivity contribution in [2.24, 2.45) is 0 Å². The smallest absolute Gasteiger partial charge is 0.241 e. The number of aliphatic hydroxyl groups is 2. The molecular formula is C43H46N2O7S2. The lowest BCUT2D eigenvalue weighted by Gasteiger charge is -2.36. The van der Waals surface area contributed by atoms with E-state index < -0.39 is 28.3 Å². The van der Waals surface area contributed by atoms with Crippen LogP contribution in [-0.4, -0.2) is 54.8 Å². The molecule has 5 aromatic rings. The lowest BCUT2D eigenvalue weighted by molar-refractivity contribution is -0.245. The first-order valence-corrected chi connectivity index (χ1v) is 20.6. The van der Waals surface area contributed by atoms with E-state index in [9.17, 15) is 23.4 Å². The van der Waals surface area contributed by atoms with Gasteiger partial charge in [0.05, 0.1) is 30.3 Å². The van der Waals surface area contributed by atoms with E-state index in [0.717, 1.165) is 50.3 Å². The summed E-state index contributed by atoms with van der Waals surface area (Å²) in [4.78, 5) is 13.7. The molecule has 54 heavy (non-hydrogen) atoms. The molecule has 4 N–H and O–H groups in total. The fourth-order valence-electron chi connectivity index (χ4n) is 6.32. The first-order chi connectivity index (χ1) is 26.2. The van der Waals surface area contributed by atoms with E-state index in [1.165, 1.54) is 12.1 Å². The third-order valence-corrected chi connectivity index (χ3v) is 11.9. The Morgan fingerprint density at radius 2 is 1.50 bits per heavy atom. The van der Waals surface area contributed by atoms with Crippen molar-refractivity contribution >= 4 is 27.7 Å². The standard InChI is InChI=1S/C43H46N2O7S2/c1-30-10-20-39(21-11-30)54(49,50)45-40(25-31-6-3-2-4-7-31)42(48)44-27-33-8-5-9-37(24-33)34-16-18-36(19-17-34)43-51-38(29-53-23-22-46)26-41(52-43)35-14-12-32(28-47)13-15-35/h2-21,24,38,40-41,43,45-47H,22-23,25-29H2,1H3,(H,44,48). The number of ether oxygens (including phenoxy) is 2. The number of aryl methyl sites for hydroxylation is 1. The number of nitrogens with one attached hydrogen (secondary N) is 2. The average molecular weight is 767 g/mol. The second-order valence-electron chi connectivity index (χ2n) is 13.4. The molecule has 1 heterocycles. The molecule has 4 unspecified atom stereocenters. The zero-order valence-electron chi connectivity index (χ0n) is 30.1. The van der Waals surface area contributed by atoms with Gasteiger partial charge in [-0.3, -0.25) is 4.79 Å². The first-order valence-electron chi connectivity index (χ1n) is 18.0. The molecule has 282 valence electrons. The van der Waals surface area contributed by atoms with Crippen molar-refractivity contribution in [3.05, 3.63) is 161 Å². The number of hydrogen-bond acceptors (Lipinski definition) is 8. The van der Waals surface area contributed by atoms with Crippen molar-refractivity contribution in [1.82, 2.24) is 10.0 Å². The van der Waals surface area contributed by atoms with E-state index in [-0.39, 0.29) is 43.3 Å². The van der Waals surface area contributed by atoms with Gasteiger partial charge in [-0.05, 0) is 64.9 Å². The Hall–Kier alpha value is -4.33. The van der Waals surface area contributed by atoms with Crippen molar-refractivity contribution in [1.29, 1.82) is 0 Å². The highest BCUT2D eigenvalue weighted by Crippen LogP contribution is 2.39. The minimum absolute atomic E-state index is 0.0179. The van der Waals surface area contributed by atoms with Crippen LogP contribution in [-0.2, 0) is 43.9 Å². The molecule has 0 aromatic heterocycles. The summed E-state index contributed by atoms with van der Waals surface area (Å²) in [6.45, 7) is 2.19. The Labute approximate surface area is 321 Å². The van der Waals surface area contributed by atoms with Crippen LogP contribution in [0.5, 0.6) is 0 Å². The Morgan fingerprint density at radius 1 is 0.796 bits per heavy atom. The molecule has 0 saturated carbocycles. The van der Waals surface area contributed by atoms with Crippen molar-refractivity contribution in [3.8, 4) is 11.1 Å². The zero-order valence-corrected chi connectivity index (χ0v) is 31.8. The van der Waals surface area contributed by atoms with Gasteiger partial charge in [0, 0.05) is 30.0 Å². The SMILES string of the molecule is Cc1ccc(S(=O)(=O)NC(Cc2ccccc2)C(=O)NCc2cccc(-c3ccc(C4OC(CSCCO)CC(c5ccc(CO)cc5)O4)cc3)c2)cc1. The van der Waals surface area contributed by atoms with Crippen LogP contribution in [0.2, 0.25) is 0 Å². The Bertz CT molecular complexity index is 2060. The fraction of sp³-hybridized carbons (Fsp3) is 0.279. The van der Waals surface area contributed by atoms with Crippen LogP contribution in [0.15, 0.2) is 132 Å². The summed E-state index contributed by atoms with van der Waals surface area (Å²) in [5.74, 6) is 0.950. The second-order valence-corrected chi connectivity index (χ2v) is 16.2. The van der Waals surface area contributed by atoms with Crippen molar-refractivity contribution in [2.45, 2.75) is 62.4 Å². The quantitative estimate of drug-likeness (QED) is 0.0823. The number of hydrogen-bond donors (Lipinski definition) is 4. The maximum absolute atomic E-state index is 13.6. The zero-order chi connectivity index (χ0) is 37.9. The molecule has 5 aromatic carbocycles. The first kappa shape index (κ1) is 39.4. The molecule has 0 radical (unpaired) electrons. The number of carbonyl (C=O) groups is 1. The number of benzene rings is 5. The minimum atomic E-state index is -3.95. The van der Waals surface area contributed by atoms with E-state index in [1.807, 2.05) is 110 Å². The molecular weight excluding hydrogens is 721 g/mol. The highest BCUT2D eigenvalue weighted by Gasteiger charge is 2.32. The Morgan fingerprint density at radius 3 is 2.20 bits per heavy atom. The molecule has 0 bridgehead atoms. The molecule has 1 aliphatic heterocycles. The van der Waals surface area contributed by atoms with Gasteiger partial charge in [0.15, 0.2) is 6.29 Å². The van der Waals surface area contributed by atoms with Crippen LogP contribution in [0.4, 0.5) is 0 Å². The molecule has 0 spiro atoms. The van der Waals surface area contributed by atoms with Crippen LogP contribution in [0.25, 0.3) is 11.1 Å². The summed E-state index contributed by atoms with van der Waals surface area (Å²) < 4.78 is 42.1. The molecule has 6 rings (SSSR count). The number of amides is 1. The number of rotatable bonds is 16. The van der Waals surface area contributed by atoms with E-state index in [1.54, 1.807) is 23.9 Å². The maximum atomic E-state index is 13.6. The maximum Gasteiger partial charge on any atom is 0.241 e. The molecule has 1 aliphatic rings. The monoisotopic (exact) mass is 766 g/mol. The van der Waals surface area contributed by atoms with Gasteiger partial charge in [-0.15, -0.1) is 0 Å². The van der Waals surface area contributed by atoms with Crippen molar-refractivity contribution < 1.29 is 32.9 Å². The van der Waals surface area contributed by atoms with Gasteiger partial charge in [-0.2, -0.15) is 16.5 Å². The highest BCUT2D eigenvalue weighted by molar-refractivity contribution is 7.99. The number of carbonyl (C=O) groups excluding carboxylic acids is 1. The second kappa shape index (κ2) is 18.8. The fourth-order valence-corrected chi connectivity index (χ4v) is 8.29. The van der Waals surface area contributed by atoms with E-state index in [0.29, 0.717) is 12.2 Å². The van der Waals surface area contributed by atoms with Crippen LogP contribution < -0.4 is 10.0 Å². The van der Waals surface area contributed by atoms with Gasteiger partial charge < -0.3 is 25.0 Å². The summed E-state index contributed by atoms with van der Waals surface area (Å²) >= 11 is 1.65. The third-order valence-electron chi connectivity index (χ3n) is 9.29. The summed E-state index contributed by atoms with van der Waals surface area (Å²) in [6.07, 6.45) is 0.0364. The lowest BCUT2D eigenvalue weighted by Crippen LogP contribution is -2.47. The van der Waals surface area contributed by atoms with Gasteiger partial charge in [0.25, 0.3) is 0 Å². The molecule has 1 saturated heterocycles. The lowest BCUT2D eigenvalue weighted by atomic mass is 9.99. The molecule has 1 fully saturated rings. The van der Waals surface area contributed by atoms with Gasteiger partial charge in [0.2, 0.25) is 15.9 Å². The third kappa shape index (κ3) is 10.7. The van der Waals surface area contributed by atoms with Crippen molar-refractivity contribution in [3.63, 3.8) is 0 Å². The van der Waals surface area contributed by atoms with Crippen LogP contribution >= 0.6 is 11.8 Å². The van der Waals surface area contributed by atoms with Crippen molar-refractivity contribution in [2.75, 3.05) is 18.1 Å². The van der Waals surface area contributed by atoms with Gasteiger partial charge in [0.1, 0.15) is 6.04 Å². The highest BCUT2D eigenvalue weighted by atomic mass is 32.2. The van der Waals surface area contributed by atoms with Gasteiger partial charge in [-0.25, -0.2) is 8.42 Å². The molecule has 9 nitrogen and oxygen atoms in total. The normalized spacial score (nSPS) is 17.9. The predicted octanol–water partition coefficient (Wildman–Crippen LogP) is 6.63. The molecule has 1 amide bonds. The topological polar surface area (TPSA) is 134 Å². The summed E-state index contributed by atoms with van der Waals surface area (Å²) in [7, 11) is -3.95. The molecule has 11 heteroatoms. The summed E-state index contributed by atoms with van der Waals surface area (Å²) in [5, 5.41) is 21.7. The molecule has 4 atom stereocenters. The minimum Gasteiger partial charge on any atom is -0.396 e. The number of thioether (sulfide) groups is 1. The van der Waals surface area contributed by atoms with E-state index >= 15 is 0 Å². The predicted molar refractivity (Wildman–Crippen MR) is 212 cm³/mol. The summed E-state index contributed by atoms with van der Waals surface area (Å²) in [5.41, 5.74) is 7.31. The van der Waals surface area contributed by atoms with E-state index in [4.69, 9.17) is 9.47 Å². The average Bonchev–Trinajstić information content (AvgIpc) is 3.20. The van der Waals surface area contributed by atoms with Gasteiger partial charge in [-0.1, -0.05) is 115 Å². The van der Waals surface area contributed by atoms with E-state index in [2.05, 4.69) is 10.0 Å². The number of sulfonamides is 1. The largest absolute Gasteiger partial charge is 0.396 e. The van der Waals surface area contributed by atoms with Gasteiger partial charge >= 0.3 is 0 Å². The Balaban J connectivity index is 1.13. The number of aliphatic hydroxyl groups excluding tert-OH is 2. The summed E-state index contributed by atoms with van der Waals surface area (Å²) in [6, 6.07) is 38.5. The van der Waals surface area contributed by atoms with Crippen LogP contribution in [0, 0.1) is 6.92 Å². The Kier molecular flexibility index (Phi) is 13.7.